The molecular formula is C17H11F3N2O2S. The van der Waals surface area contributed by atoms with Crippen LogP contribution in [0, 0.1) is 17.5 Å². The van der Waals surface area contributed by atoms with Gasteiger partial charge in [0.05, 0.1) is 0 Å². The predicted octanol–water partition coefficient (Wildman–Crippen LogP) is 4.39. The molecule has 128 valence electrons. The summed E-state index contributed by atoms with van der Waals surface area (Å²) >= 11 is 1.21. The maximum Gasteiger partial charge on any atom is 0.275 e. The van der Waals surface area contributed by atoms with Crippen LogP contribution in [0.4, 0.5) is 18.9 Å². The second-order valence-electron chi connectivity index (χ2n) is 4.95. The van der Waals surface area contributed by atoms with Crippen molar-refractivity contribution in [2.24, 2.45) is 0 Å². The first kappa shape index (κ1) is 17.0. The zero-order chi connectivity index (χ0) is 17.8. The number of hydrogen-bond acceptors (Lipinski definition) is 4. The monoisotopic (exact) mass is 364 g/mol. The number of anilines is 1. The lowest BCUT2D eigenvalue weighted by Crippen LogP contribution is -2.13. The van der Waals surface area contributed by atoms with E-state index in [4.69, 9.17) is 4.74 Å². The molecule has 3 aromatic rings. The first-order valence-corrected chi connectivity index (χ1v) is 7.98. The van der Waals surface area contributed by atoms with Gasteiger partial charge in [-0.25, -0.2) is 18.2 Å². The van der Waals surface area contributed by atoms with Crippen molar-refractivity contribution in [2.45, 2.75) is 6.61 Å². The van der Waals surface area contributed by atoms with Crippen molar-refractivity contribution in [3.05, 3.63) is 76.0 Å². The normalized spacial score (nSPS) is 10.5. The molecule has 25 heavy (non-hydrogen) atoms. The van der Waals surface area contributed by atoms with Crippen molar-refractivity contribution in [1.29, 1.82) is 0 Å². The van der Waals surface area contributed by atoms with E-state index in [2.05, 4.69) is 10.3 Å². The average molecular weight is 364 g/mol. The third-order valence-electron chi connectivity index (χ3n) is 3.14. The maximum atomic E-state index is 13.1. The molecule has 0 radical (unpaired) electrons. The Bertz CT molecular complexity index is 897. The minimum absolute atomic E-state index is 0.120. The van der Waals surface area contributed by atoms with Crippen molar-refractivity contribution in [1.82, 2.24) is 4.98 Å². The van der Waals surface area contributed by atoms with Crippen molar-refractivity contribution in [2.75, 3.05) is 5.32 Å². The summed E-state index contributed by atoms with van der Waals surface area (Å²) in [5.74, 6) is -2.48. The molecule has 0 saturated heterocycles. The van der Waals surface area contributed by atoms with Gasteiger partial charge in [0.25, 0.3) is 5.91 Å². The minimum atomic E-state index is -1.05. The SMILES string of the molecule is O=C(Nc1ccc(F)c(F)c1)c1csc(COc2ccc(F)cc2)n1. The van der Waals surface area contributed by atoms with Crippen LogP contribution in [-0.2, 0) is 6.61 Å². The maximum absolute atomic E-state index is 13.1. The Morgan fingerprint density at radius 2 is 1.84 bits per heavy atom. The number of nitrogens with one attached hydrogen (secondary N) is 1. The van der Waals surface area contributed by atoms with E-state index in [-0.39, 0.29) is 23.8 Å². The molecule has 4 nitrogen and oxygen atoms in total. The fourth-order valence-corrected chi connectivity index (χ4v) is 2.61. The smallest absolute Gasteiger partial charge is 0.275 e. The summed E-state index contributed by atoms with van der Waals surface area (Å²) in [6, 6.07) is 8.59. The van der Waals surface area contributed by atoms with Gasteiger partial charge in [-0.3, -0.25) is 4.79 Å². The number of halogens is 3. The highest BCUT2D eigenvalue weighted by Gasteiger charge is 2.12. The average Bonchev–Trinajstić information content (AvgIpc) is 3.07. The lowest BCUT2D eigenvalue weighted by molar-refractivity contribution is 0.102. The Morgan fingerprint density at radius 3 is 2.56 bits per heavy atom. The Balaban J connectivity index is 1.61. The number of amides is 1. The fraction of sp³-hybridized carbons (Fsp3) is 0.0588. The van der Waals surface area contributed by atoms with E-state index in [0.717, 1.165) is 12.1 Å². The molecular weight excluding hydrogens is 353 g/mol. The summed E-state index contributed by atoms with van der Waals surface area (Å²) in [6.45, 7) is 0.120. The van der Waals surface area contributed by atoms with Gasteiger partial charge in [0.15, 0.2) is 11.6 Å². The zero-order valence-electron chi connectivity index (χ0n) is 12.6. The topological polar surface area (TPSA) is 51.2 Å². The summed E-state index contributed by atoms with van der Waals surface area (Å²) in [5, 5.41) is 4.50. The zero-order valence-corrected chi connectivity index (χ0v) is 13.4. The van der Waals surface area contributed by atoms with E-state index < -0.39 is 17.5 Å². The number of nitrogens with zero attached hydrogens (tertiary/aromatic N) is 1. The highest BCUT2D eigenvalue weighted by molar-refractivity contribution is 7.09. The van der Waals surface area contributed by atoms with Gasteiger partial charge >= 0.3 is 0 Å². The van der Waals surface area contributed by atoms with Crippen molar-refractivity contribution < 1.29 is 22.7 Å². The van der Waals surface area contributed by atoms with Crippen molar-refractivity contribution >= 4 is 22.9 Å². The summed E-state index contributed by atoms with van der Waals surface area (Å²) in [7, 11) is 0. The number of aromatic nitrogens is 1. The Labute approximate surface area is 144 Å². The Morgan fingerprint density at radius 1 is 1.08 bits per heavy atom. The highest BCUT2D eigenvalue weighted by atomic mass is 32.1. The van der Waals surface area contributed by atoms with Crippen LogP contribution >= 0.6 is 11.3 Å². The number of rotatable bonds is 5. The number of hydrogen-bond donors (Lipinski definition) is 1. The molecule has 3 rings (SSSR count). The summed E-state index contributed by atoms with van der Waals surface area (Å²) < 4.78 is 44.3. The Kier molecular flexibility index (Phi) is 4.99. The van der Waals surface area contributed by atoms with Gasteiger partial charge in [-0.05, 0) is 36.4 Å². The van der Waals surface area contributed by atoms with Crippen molar-refractivity contribution in [3.8, 4) is 5.75 Å². The van der Waals surface area contributed by atoms with E-state index in [1.54, 1.807) is 0 Å². The molecule has 0 aliphatic rings. The molecule has 0 unspecified atom stereocenters. The molecule has 1 N–H and O–H groups in total. The van der Waals surface area contributed by atoms with Crippen LogP contribution in [0.2, 0.25) is 0 Å². The van der Waals surface area contributed by atoms with E-state index in [9.17, 15) is 18.0 Å². The molecule has 0 aliphatic heterocycles. The van der Waals surface area contributed by atoms with Crippen molar-refractivity contribution in [3.63, 3.8) is 0 Å². The van der Waals surface area contributed by atoms with Gasteiger partial charge in [0.2, 0.25) is 0 Å². The lowest BCUT2D eigenvalue weighted by atomic mass is 10.3. The molecule has 1 heterocycles. The molecule has 1 aromatic heterocycles. The third kappa shape index (κ3) is 4.36. The van der Waals surface area contributed by atoms with E-state index in [1.807, 2.05) is 0 Å². The standard InChI is InChI=1S/C17H11F3N2O2S/c18-10-1-4-12(5-2-10)24-8-16-22-15(9-25-16)17(23)21-11-3-6-13(19)14(20)7-11/h1-7,9H,8H2,(H,21,23). The second kappa shape index (κ2) is 7.35. The summed E-state index contributed by atoms with van der Waals surface area (Å²) in [5.41, 5.74) is 0.258. The van der Waals surface area contributed by atoms with Gasteiger partial charge in [-0.2, -0.15) is 0 Å². The predicted molar refractivity (Wildman–Crippen MR) is 87.2 cm³/mol. The highest BCUT2D eigenvalue weighted by Crippen LogP contribution is 2.18. The molecule has 0 atom stereocenters. The van der Waals surface area contributed by atoms with Crippen LogP contribution in [-0.4, -0.2) is 10.9 Å². The number of thiazole rings is 1. The Hall–Kier alpha value is -2.87. The third-order valence-corrected chi connectivity index (χ3v) is 3.96. The second-order valence-corrected chi connectivity index (χ2v) is 5.89. The van der Waals surface area contributed by atoms with E-state index >= 15 is 0 Å². The van der Waals surface area contributed by atoms with Crippen LogP contribution in [0.15, 0.2) is 47.8 Å². The van der Waals surface area contributed by atoms with Crippen LogP contribution < -0.4 is 10.1 Å². The van der Waals surface area contributed by atoms with Gasteiger partial charge in [0.1, 0.15) is 28.9 Å². The lowest BCUT2D eigenvalue weighted by Gasteiger charge is -2.04. The van der Waals surface area contributed by atoms with E-state index in [1.165, 1.54) is 47.0 Å². The number of benzene rings is 2. The van der Waals surface area contributed by atoms with E-state index in [0.29, 0.717) is 10.8 Å². The number of ether oxygens (including phenoxy) is 1. The van der Waals surface area contributed by atoms with Crippen LogP contribution in [0.1, 0.15) is 15.5 Å². The molecule has 0 saturated carbocycles. The van der Waals surface area contributed by atoms with Gasteiger partial charge in [0, 0.05) is 17.1 Å². The first-order valence-electron chi connectivity index (χ1n) is 7.10. The molecule has 0 aliphatic carbocycles. The molecule has 0 spiro atoms. The number of carbonyl (C=O) groups excluding carboxylic acids is 1. The largest absolute Gasteiger partial charge is 0.486 e. The van der Waals surface area contributed by atoms with Gasteiger partial charge < -0.3 is 10.1 Å². The molecule has 1 amide bonds. The summed E-state index contributed by atoms with van der Waals surface area (Å²) in [6.07, 6.45) is 0. The van der Waals surface area contributed by atoms with Gasteiger partial charge in [-0.1, -0.05) is 0 Å². The van der Waals surface area contributed by atoms with Crippen LogP contribution in [0.3, 0.4) is 0 Å². The molecule has 2 aromatic carbocycles. The van der Waals surface area contributed by atoms with Crippen LogP contribution in [0.25, 0.3) is 0 Å². The quantitative estimate of drug-likeness (QED) is 0.730. The molecule has 8 heteroatoms. The van der Waals surface area contributed by atoms with Gasteiger partial charge in [-0.15, -0.1) is 11.3 Å². The van der Waals surface area contributed by atoms with Crippen LogP contribution in [0.5, 0.6) is 5.75 Å². The summed E-state index contributed by atoms with van der Waals surface area (Å²) in [4.78, 5) is 16.2. The fourth-order valence-electron chi connectivity index (χ4n) is 1.93. The number of carbonyl (C=O) groups is 1. The first-order chi connectivity index (χ1) is 12.0. The molecule has 0 bridgehead atoms. The molecule has 0 fully saturated rings. The minimum Gasteiger partial charge on any atom is -0.486 e.